The lowest BCUT2D eigenvalue weighted by Gasteiger charge is -2.06. The molecular formula is C12H14Cl2O. The summed E-state index contributed by atoms with van der Waals surface area (Å²) in [5.74, 6) is 0.0268. The number of halogens is 2. The van der Waals surface area contributed by atoms with Crippen molar-refractivity contribution in [3.05, 3.63) is 35.4 Å². The largest absolute Gasteiger partial charge is 0.396 e. The third-order valence-electron chi connectivity index (χ3n) is 3.42. The van der Waals surface area contributed by atoms with Crippen LogP contribution in [-0.4, -0.2) is 16.0 Å². The zero-order valence-corrected chi connectivity index (χ0v) is 10.3. The number of aliphatic hydroxyl groups excluding tert-OH is 1. The van der Waals surface area contributed by atoms with E-state index >= 15 is 0 Å². The van der Waals surface area contributed by atoms with E-state index in [1.165, 1.54) is 5.56 Å². The molecular weight excluding hydrogens is 231 g/mol. The van der Waals surface area contributed by atoms with Crippen molar-refractivity contribution in [3.63, 3.8) is 0 Å². The Labute approximate surface area is 100 Å². The van der Waals surface area contributed by atoms with Crippen molar-refractivity contribution < 1.29 is 5.11 Å². The second kappa shape index (κ2) is 3.38. The number of hydrogen-bond donors (Lipinski definition) is 1. The Morgan fingerprint density at radius 2 is 1.80 bits per heavy atom. The molecule has 0 radical (unpaired) electrons. The van der Waals surface area contributed by atoms with E-state index < -0.39 is 9.75 Å². The Kier molecular flexibility index (Phi) is 2.53. The van der Waals surface area contributed by atoms with Crippen molar-refractivity contribution in [1.29, 1.82) is 0 Å². The molecule has 0 spiro atoms. The Hall–Kier alpha value is -0.240. The summed E-state index contributed by atoms with van der Waals surface area (Å²) in [6.07, 6.45) is 0. The first kappa shape index (κ1) is 11.3. The molecule has 0 aromatic heterocycles. The maximum absolute atomic E-state index is 9.32. The van der Waals surface area contributed by atoms with Crippen molar-refractivity contribution in [2.45, 2.75) is 24.1 Å². The standard InChI is InChI=1S/C12H14Cl2O/c1-8-3-5-9(6-4-8)10-11(2,7-15)12(10,13)14/h3-6,10,15H,7H2,1-2H3/t10-,11-/m0/s1. The summed E-state index contributed by atoms with van der Waals surface area (Å²) in [7, 11) is 0. The normalized spacial score (nSPS) is 32.7. The molecule has 1 fully saturated rings. The molecule has 3 heteroatoms. The summed E-state index contributed by atoms with van der Waals surface area (Å²) in [4.78, 5) is 0. The highest BCUT2D eigenvalue weighted by Gasteiger charge is 2.73. The Morgan fingerprint density at radius 3 is 2.20 bits per heavy atom. The molecule has 0 bridgehead atoms. The number of rotatable bonds is 2. The zero-order chi connectivity index (χ0) is 11.3. The van der Waals surface area contributed by atoms with Gasteiger partial charge in [-0.05, 0) is 12.5 Å². The van der Waals surface area contributed by atoms with E-state index in [1.54, 1.807) is 0 Å². The van der Waals surface area contributed by atoms with Crippen molar-refractivity contribution >= 4 is 23.2 Å². The van der Waals surface area contributed by atoms with Gasteiger partial charge in [-0.25, -0.2) is 0 Å². The van der Waals surface area contributed by atoms with E-state index in [0.29, 0.717) is 0 Å². The minimum absolute atomic E-state index is 0.0124. The number of benzene rings is 1. The van der Waals surface area contributed by atoms with Gasteiger partial charge in [-0.15, -0.1) is 23.2 Å². The second-order valence-electron chi connectivity index (χ2n) is 4.54. The van der Waals surface area contributed by atoms with Crippen LogP contribution in [0.4, 0.5) is 0 Å². The zero-order valence-electron chi connectivity index (χ0n) is 8.80. The van der Waals surface area contributed by atoms with Crippen molar-refractivity contribution in [3.8, 4) is 0 Å². The minimum atomic E-state index is -0.836. The molecule has 0 saturated heterocycles. The van der Waals surface area contributed by atoms with E-state index in [2.05, 4.69) is 0 Å². The average molecular weight is 245 g/mol. The highest BCUT2D eigenvalue weighted by molar-refractivity contribution is 6.52. The van der Waals surface area contributed by atoms with Crippen LogP contribution >= 0.6 is 23.2 Å². The van der Waals surface area contributed by atoms with Crippen LogP contribution in [0.2, 0.25) is 0 Å². The lowest BCUT2D eigenvalue weighted by molar-refractivity contribution is 0.218. The summed E-state index contributed by atoms with van der Waals surface area (Å²) in [5, 5.41) is 9.32. The maximum atomic E-state index is 9.32. The fourth-order valence-corrected chi connectivity index (χ4v) is 3.08. The monoisotopic (exact) mass is 244 g/mol. The van der Waals surface area contributed by atoms with Gasteiger partial charge in [0, 0.05) is 11.3 Å². The lowest BCUT2D eigenvalue weighted by Crippen LogP contribution is -2.09. The molecule has 1 N–H and O–H groups in total. The predicted octanol–water partition coefficient (Wildman–Crippen LogP) is 3.26. The van der Waals surface area contributed by atoms with Gasteiger partial charge in [-0.1, -0.05) is 36.8 Å². The third kappa shape index (κ3) is 1.49. The predicted molar refractivity (Wildman–Crippen MR) is 63.5 cm³/mol. The van der Waals surface area contributed by atoms with Gasteiger partial charge in [0.2, 0.25) is 0 Å². The quantitative estimate of drug-likeness (QED) is 0.793. The molecule has 82 valence electrons. The number of aryl methyl sites for hydroxylation is 1. The topological polar surface area (TPSA) is 20.2 Å². The van der Waals surface area contributed by atoms with E-state index in [1.807, 2.05) is 38.1 Å². The molecule has 0 unspecified atom stereocenters. The maximum Gasteiger partial charge on any atom is 0.134 e. The van der Waals surface area contributed by atoms with Gasteiger partial charge in [0.1, 0.15) is 4.33 Å². The molecule has 0 heterocycles. The lowest BCUT2D eigenvalue weighted by atomic mass is 10.0. The van der Waals surface area contributed by atoms with Crippen LogP contribution in [0.1, 0.15) is 24.0 Å². The summed E-state index contributed by atoms with van der Waals surface area (Å²) in [5.41, 5.74) is 1.90. The van der Waals surface area contributed by atoms with E-state index in [9.17, 15) is 5.11 Å². The molecule has 2 rings (SSSR count). The Morgan fingerprint density at radius 1 is 1.27 bits per heavy atom. The van der Waals surface area contributed by atoms with Gasteiger partial charge in [0.15, 0.2) is 0 Å². The second-order valence-corrected chi connectivity index (χ2v) is 5.93. The van der Waals surface area contributed by atoms with Crippen molar-refractivity contribution in [2.75, 3.05) is 6.61 Å². The highest BCUT2D eigenvalue weighted by atomic mass is 35.5. The van der Waals surface area contributed by atoms with E-state index in [0.717, 1.165) is 5.56 Å². The van der Waals surface area contributed by atoms with Crippen molar-refractivity contribution in [1.82, 2.24) is 0 Å². The highest BCUT2D eigenvalue weighted by Crippen LogP contribution is 2.73. The molecule has 15 heavy (non-hydrogen) atoms. The van der Waals surface area contributed by atoms with Crippen LogP contribution in [0.15, 0.2) is 24.3 Å². The van der Waals surface area contributed by atoms with Crippen LogP contribution in [0.5, 0.6) is 0 Å². The SMILES string of the molecule is Cc1ccc([C@@H]2C(Cl)(Cl)[C@@]2(C)CO)cc1. The summed E-state index contributed by atoms with van der Waals surface area (Å²) < 4.78 is -0.836. The summed E-state index contributed by atoms with van der Waals surface area (Å²) >= 11 is 12.4. The molecule has 0 amide bonds. The molecule has 1 nitrogen and oxygen atoms in total. The molecule has 1 aromatic carbocycles. The Balaban J connectivity index is 2.31. The first-order valence-electron chi connectivity index (χ1n) is 4.99. The fraction of sp³-hybridized carbons (Fsp3) is 0.500. The molecule has 1 aliphatic rings. The summed E-state index contributed by atoms with van der Waals surface area (Å²) in [6, 6.07) is 8.13. The van der Waals surface area contributed by atoms with Gasteiger partial charge in [-0.3, -0.25) is 0 Å². The Bertz CT molecular complexity index is 372. The van der Waals surface area contributed by atoms with Crippen LogP contribution < -0.4 is 0 Å². The van der Waals surface area contributed by atoms with Gasteiger partial charge >= 0.3 is 0 Å². The van der Waals surface area contributed by atoms with Gasteiger partial charge < -0.3 is 5.11 Å². The number of aliphatic hydroxyl groups is 1. The van der Waals surface area contributed by atoms with Crippen molar-refractivity contribution in [2.24, 2.45) is 5.41 Å². The van der Waals surface area contributed by atoms with Crippen LogP contribution in [0, 0.1) is 12.3 Å². The fourth-order valence-electron chi connectivity index (χ4n) is 2.12. The number of alkyl halides is 2. The van der Waals surface area contributed by atoms with E-state index in [-0.39, 0.29) is 12.5 Å². The molecule has 1 aromatic rings. The van der Waals surface area contributed by atoms with Crippen LogP contribution in [0.25, 0.3) is 0 Å². The van der Waals surface area contributed by atoms with Gasteiger partial charge in [0.05, 0.1) is 6.61 Å². The van der Waals surface area contributed by atoms with Crippen LogP contribution in [-0.2, 0) is 0 Å². The molecule has 0 aliphatic heterocycles. The average Bonchev–Trinajstić information content (AvgIpc) is 2.64. The van der Waals surface area contributed by atoms with E-state index in [4.69, 9.17) is 23.2 Å². The first-order valence-corrected chi connectivity index (χ1v) is 5.74. The summed E-state index contributed by atoms with van der Waals surface area (Å²) in [6.45, 7) is 3.96. The molecule has 2 atom stereocenters. The molecule has 1 saturated carbocycles. The third-order valence-corrected chi connectivity index (χ3v) is 4.72. The first-order chi connectivity index (χ1) is 6.93. The smallest absolute Gasteiger partial charge is 0.134 e. The van der Waals surface area contributed by atoms with Crippen LogP contribution in [0.3, 0.4) is 0 Å². The van der Waals surface area contributed by atoms with Gasteiger partial charge in [-0.2, -0.15) is 0 Å². The van der Waals surface area contributed by atoms with Gasteiger partial charge in [0.25, 0.3) is 0 Å². The molecule has 1 aliphatic carbocycles. The minimum Gasteiger partial charge on any atom is -0.396 e. The number of hydrogen-bond acceptors (Lipinski definition) is 1.